The van der Waals surface area contributed by atoms with Gasteiger partial charge in [0.05, 0.1) is 6.54 Å². The first-order chi connectivity index (χ1) is 5.77. The van der Waals surface area contributed by atoms with Gasteiger partial charge in [0, 0.05) is 9.85 Å². The first-order valence-corrected chi connectivity index (χ1v) is 5.13. The molecule has 2 rings (SSSR count). The van der Waals surface area contributed by atoms with Crippen molar-refractivity contribution in [1.29, 1.82) is 0 Å². The number of rotatable bonds is 1. The maximum Gasteiger partial charge on any atom is 0.415 e. The van der Waals surface area contributed by atoms with Crippen molar-refractivity contribution < 1.29 is 9.53 Å². The number of nitrogens with zero attached hydrogens (tertiary/aromatic N) is 1. The molecule has 0 bridgehead atoms. The van der Waals surface area contributed by atoms with Crippen LogP contribution in [0.5, 0.6) is 0 Å². The molecule has 1 aliphatic heterocycles. The topological polar surface area (TPSA) is 29.5 Å². The summed E-state index contributed by atoms with van der Waals surface area (Å²) in [6.45, 7) is 1.15. The molecule has 1 aromatic heterocycles. The van der Waals surface area contributed by atoms with Gasteiger partial charge < -0.3 is 4.74 Å². The van der Waals surface area contributed by atoms with Crippen LogP contribution in [0, 0.1) is 0 Å². The van der Waals surface area contributed by atoms with Crippen molar-refractivity contribution in [3.05, 3.63) is 15.9 Å². The molecule has 0 aromatic carbocycles. The predicted molar refractivity (Wildman–Crippen MR) is 50.7 cm³/mol. The van der Waals surface area contributed by atoms with Crippen LogP contribution in [-0.4, -0.2) is 19.2 Å². The molecule has 5 heteroatoms. The Balaban J connectivity index is 2.24. The molecule has 0 unspecified atom stereocenters. The van der Waals surface area contributed by atoms with Crippen molar-refractivity contribution in [1.82, 2.24) is 0 Å². The van der Waals surface area contributed by atoms with Crippen molar-refractivity contribution in [2.75, 3.05) is 18.1 Å². The number of anilines is 1. The van der Waals surface area contributed by atoms with Gasteiger partial charge in [-0.05, 0) is 22.0 Å². The summed E-state index contributed by atoms with van der Waals surface area (Å²) in [5.41, 5.74) is 0. The summed E-state index contributed by atoms with van der Waals surface area (Å²) in [5, 5.41) is 2.88. The molecule has 1 aromatic rings. The Morgan fingerprint density at radius 3 is 3.00 bits per heavy atom. The van der Waals surface area contributed by atoms with Crippen LogP contribution in [0.1, 0.15) is 0 Å². The van der Waals surface area contributed by atoms with Gasteiger partial charge in [-0.3, -0.25) is 4.90 Å². The first-order valence-electron chi connectivity index (χ1n) is 3.46. The molecule has 0 radical (unpaired) electrons. The third-order valence-electron chi connectivity index (χ3n) is 1.58. The van der Waals surface area contributed by atoms with Crippen LogP contribution >= 0.6 is 27.3 Å². The van der Waals surface area contributed by atoms with Crippen LogP contribution in [-0.2, 0) is 4.74 Å². The number of thiophene rings is 1. The Bertz CT molecular complexity index is 312. The monoisotopic (exact) mass is 247 g/mol. The molecule has 0 saturated carbocycles. The maximum absolute atomic E-state index is 11.1. The van der Waals surface area contributed by atoms with E-state index >= 15 is 0 Å². The lowest BCUT2D eigenvalue weighted by Gasteiger charge is -2.07. The molecule has 0 N–H and O–H groups in total. The average molecular weight is 248 g/mol. The number of halogens is 1. The van der Waals surface area contributed by atoms with Crippen LogP contribution in [0.25, 0.3) is 0 Å². The largest absolute Gasteiger partial charge is 0.447 e. The van der Waals surface area contributed by atoms with E-state index in [1.165, 1.54) is 11.3 Å². The zero-order valence-corrected chi connectivity index (χ0v) is 8.52. The lowest BCUT2D eigenvalue weighted by molar-refractivity contribution is 0.181. The number of hydrogen-bond acceptors (Lipinski definition) is 3. The van der Waals surface area contributed by atoms with E-state index in [2.05, 4.69) is 15.9 Å². The van der Waals surface area contributed by atoms with E-state index in [4.69, 9.17) is 4.74 Å². The zero-order valence-electron chi connectivity index (χ0n) is 6.12. The Hall–Kier alpha value is -0.550. The Morgan fingerprint density at radius 2 is 2.50 bits per heavy atom. The summed E-state index contributed by atoms with van der Waals surface area (Å²) in [6.07, 6.45) is -0.246. The van der Waals surface area contributed by atoms with Crippen molar-refractivity contribution in [2.24, 2.45) is 0 Å². The van der Waals surface area contributed by atoms with Gasteiger partial charge in [-0.2, -0.15) is 0 Å². The summed E-state index contributed by atoms with van der Waals surface area (Å²) >= 11 is 4.86. The number of cyclic esters (lactones) is 1. The average Bonchev–Trinajstić information content (AvgIpc) is 2.58. The summed E-state index contributed by atoms with van der Waals surface area (Å²) in [7, 11) is 0. The summed E-state index contributed by atoms with van der Waals surface area (Å²) in [5.74, 6) is 0. The fourth-order valence-corrected chi connectivity index (χ4v) is 2.48. The second-order valence-corrected chi connectivity index (χ2v) is 4.17. The van der Waals surface area contributed by atoms with Crippen LogP contribution in [0.4, 0.5) is 9.80 Å². The van der Waals surface area contributed by atoms with Gasteiger partial charge in [0.25, 0.3) is 0 Å². The van der Waals surface area contributed by atoms with E-state index in [0.717, 1.165) is 9.47 Å². The lowest BCUT2D eigenvalue weighted by Crippen LogP contribution is -2.21. The normalized spacial score (nSPS) is 16.8. The van der Waals surface area contributed by atoms with E-state index in [0.29, 0.717) is 13.2 Å². The molecule has 1 aliphatic rings. The van der Waals surface area contributed by atoms with Crippen LogP contribution in [0.3, 0.4) is 0 Å². The third-order valence-corrected chi connectivity index (χ3v) is 3.29. The predicted octanol–water partition coefficient (Wildman–Crippen LogP) is 2.47. The highest BCUT2D eigenvalue weighted by atomic mass is 79.9. The summed E-state index contributed by atoms with van der Waals surface area (Å²) in [4.78, 5) is 12.7. The van der Waals surface area contributed by atoms with Crippen molar-refractivity contribution in [2.45, 2.75) is 0 Å². The minimum Gasteiger partial charge on any atom is -0.447 e. The van der Waals surface area contributed by atoms with Gasteiger partial charge in [0.2, 0.25) is 0 Å². The molecule has 0 atom stereocenters. The molecule has 2 heterocycles. The quantitative estimate of drug-likeness (QED) is 0.764. The first kappa shape index (κ1) is 8.07. The summed E-state index contributed by atoms with van der Waals surface area (Å²) in [6, 6.07) is 1.91. The standard InChI is InChI=1S/C7H6BrNO2S/c8-5-3-6(12-4-5)9-1-2-11-7(9)10/h3-4H,1-2H2. The van der Waals surface area contributed by atoms with Crippen molar-refractivity contribution >= 4 is 38.4 Å². The number of carbonyl (C=O) groups is 1. The highest BCUT2D eigenvalue weighted by Crippen LogP contribution is 2.29. The molecule has 1 amide bonds. The van der Waals surface area contributed by atoms with Gasteiger partial charge in [-0.1, -0.05) is 0 Å². The Kier molecular flexibility index (Phi) is 2.06. The van der Waals surface area contributed by atoms with Crippen molar-refractivity contribution in [3.8, 4) is 0 Å². The molecule has 1 fully saturated rings. The van der Waals surface area contributed by atoms with Gasteiger partial charge in [0.15, 0.2) is 0 Å². The zero-order chi connectivity index (χ0) is 8.55. The molecule has 0 aliphatic carbocycles. The van der Waals surface area contributed by atoms with E-state index in [9.17, 15) is 4.79 Å². The van der Waals surface area contributed by atoms with Crippen molar-refractivity contribution in [3.63, 3.8) is 0 Å². The van der Waals surface area contributed by atoms with E-state index in [1.807, 2.05) is 11.4 Å². The smallest absolute Gasteiger partial charge is 0.415 e. The number of ether oxygens (including phenoxy) is 1. The van der Waals surface area contributed by atoms with E-state index in [1.54, 1.807) is 4.90 Å². The molecular formula is C7H6BrNO2S. The van der Waals surface area contributed by atoms with Crippen LogP contribution in [0.15, 0.2) is 15.9 Å². The van der Waals surface area contributed by atoms with Gasteiger partial charge >= 0.3 is 6.09 Å². The highest BCUT2D eigenvalue weighted by Gasteiger charge is 2.24. The number of hydrogen-bond donors (Lipinski definition) is 0. The molecule has 3 nitrogen and oxygen atoms in total. The Labute approximate surface area is 82.1 Å². The molecule has 0 spiro atoms. The maximum atomic E-state index is 11.1. The summed E-state index contributed by atoms with van der Waals surface area (Å²) < 4.78 is 5.81. The second kappa shape index (κ2) is 3.06. The fraction of sp³-hybridized carbons (Fsp3) is 0.286. The van der Waals surface area contributed by atoms with Crippen LogP contribution in [0.2, 0.25) is 0 Å². The highest BCUT2D eigenvalue weighted by molar-refractivity contribution is 9.10. The van der Waals surface area contributed by atoms with Crippen LogP contribution < -0.4 is 4.90 Å². The number of amides is 1. The Morgan fingerprint density at radius 1 is 1.67 bits per heavy atom. The molecule has 12 heavy (non-hydrogen) atoms. The minimum absolute atomic E-state index is 0.246. The van der Waals surface area contributed by atoms with E-state index in [-0.39, 0.29) is 6.09 Å². The van der Waals surface area contributed by atoms with Gasteiger partial charge in [-0.25, -0.2) is 4.79 Å². The lowest BCUT2D eigenvalue weighted by atomic mass is 10.5. The minimum atomic E-state index is -0.246. The molecular weight excluding hydrogens is 242 g/mol. The van der Waals surface area contributed by atoms with Gasteiger partial charge in [-0.15, -0.1) is 11.3 Å². The number of carbonyl (C=O) groups excluding carboxylic acids is 1. The second-order valence-electron chi connectivity index (χ2n) is 2.37. The fourth-order valence-electron chi connectivity index (χ4n) is 1.04. The molecule has 64 valence electrons. The van der Waals surface area contributed by atoms with Gasteiger partial charge in [0.1, 0.15) is 11.6 Å². The SMILES string of the molecule is O=C1OCCN1c1cc(Br)cs1. The molecule has 1 saturated heterocycles. The third kappa shape index (κ3) is 1.34. The van der Waals surface area contributed by atoms with E-state index < -0.39 is 0 Å².